The quantitative estimate of drug-likeness (QED) is 0.866. The van der Waals surface area contributed by atoms with E-state index in [1.54, 1.807) is 7.11 Å². The monoisotopic (exact) mass is 275 g/mol. The van der Waals surface area contributed by atoms with Crippen LogP contribution in [0.5, 0.6) is 0 Å². The first-order chi connectivity index (χ1) is 9.29. The lowest BCUT2D eigenvalue weighted by molar-refractivity contribution is 0.184. The highest BCUT2D eigenvalue weighted by atomic mass is 35.5. The summed E-state index contributed by atoms with van der Waals surface area (Å²) in [5, 5.41) is 4.21. The summed E-state index contributed by atoms with van der Waals surface area (Å²) >= 11 is 5.86. The second kappa shape index (κ2) is 7.29. The lowest BCUT2D eigenvalue weighted by Crippen LogP contribution is -2.14. The number of halogens is 1. The fourth-order valence-corrected chi connectivity index (χ4v) is 2.10. The minimum Gasteiger partial charge on any atom is -0.380 e. The first-order valence-corrected chi connectivity index (χ1v) is 6.68. The molecule has 2 nitrogen and oxygen atoms in total. The summed E-state index contributed by atoms with van der Waals surface area (Å²) in [4.78, 5) is 0. The van der Waals surface area contributed by atoms with Crippen LogP contribution in [0.2, 0.25) is 5.02 Å². The second-order valence-corrected chi connectivity index (χ2v) is 4.87. The van der Waals surface area contributed by atoms with Gasteiger partial charge in [0, 0.05) is 25.2 Å². The molecule has 0 radical (unpaired) electrons. The van der Waals surface area contributed by atoms with E-state index in [2.05, 4.69) is 23.5 Å². The highest BCUT2D eigenvalue weighted by Gasteiger charge is 2.01. The minimum atomic E-state index is 0.652. The predicted molar refractivity (Wildman–Crippen MR) is 79.2 cm³/mol. The van der Waals surface area contributed by atoms with Gasteiger partial charge >= 0.3 is 0 Å². The predicted octanol–water partition coefficient (Wildman–Crippen LogP) is 3.78. The molecule has 0 saturated carbocycles. The van der Waals surface area contributed by atoms with Gasteiger partial charge in [-0.3, -0.25) is 0 Å². The number of hydrogen-bond donors (Lipinski definition) is 1. The molecule has 0 bridgehead atoms. The molecular weight excluding hydrogens is 258 g/mol. The van der Waals surface area contributed by atoms with E-state index in [0.717, 1.165) is 18.1 Å². The van der Waals surface area contributed by atoms with Gasteiger partial charge in [-0.2, -0.15) is 0 Å². The molecule has 2 aromatic carbocycles. The van der Waals surface area contributed by atoms with Crippen molar-refractivity contribution in [3.8, 4) is 0 Å². The second-order valence-electron chi connectivity index (χ2n) is 4.43. The molecule has 2 rings (SSSR count). The molecule has 0 atom stereocenters. The van der Waals surface area contributed by atoms with Gasteiger partial charge in [0.05, 0.1) is 6.61 Å². The van der Waals surface area contributed by atoms with Crippen LogP contribution in [0.1, 0.15) is 16.7 Å². The van der Waals surface area contributed by atoms with E-state index in [4.69, 9.17) is 16.3 Å². The normalized spacial score (nSPS) is 10.6. The van der Waals surface area contributed by atoms with Crippen LogP contribution in [0.25, 0.3) is 0 Å². The molecule has 0 spiro atoms. The van der Waals surface area contributed by atoms with E-state index in [-0.39, 0.29) is 0 Å². The fraction of sp³-hybridized carbons (Fsp3) is 0.250. The summed E-state index contributed by atoms with van der Waals surface area (Å²) in [6, 6.07) is 16.2. The summed E-state index contributed by atoms with van der Waals surface area (Å²) in [6.07, 6.45) is 0. The number of nitrogens with one attached hydrogen (secondary N) is 1. The molecule has 0 unspecified atom stereocenters. The largest absolute Gasteiger partial charge is 0.380 e. The maximum atomic E-state index is 5.86. The summed E-state index contributed by atoms with van der Waals surface area (Å²) in [5.74, 6) is 0. The van der Waals surface area contributed by atoms with Crippen molar-refractivity contribution in [3.05, 3.63) is 70.2 Å². The average molecular weight is 276 g/mol. The van der Waals surface area contributed by atoms with Crippen molar-refractivity contribution >= 4 is 11.6 Å². The molecular formula is C16H18ClNO. The van der Waals surface area contributed by atoms with Crippen LogP contribution in [0, 0.1) is 0 Å². The highest BCUT2D eigenvalue weighted by molar-refractivity contribution is 6.30. The molecule has 0 amide bonds. The number of methoxy groups -OCH3 is 1. The Morgan fingerprint density at radius 3 is 2.32 bits per heavy atom. The van der Waals surface area contributed by atoms with E-state index < -0.39 is 0 Å². The summed E-state index contributed by atoms with van der Waals surface area (Å²) in [7, 11) is 1.72. The zero-order valence-corrected chi connectivity index (χ0v) is 11.8. The Morgan fingerprint density at radius 1 is 0.947 bits per heavy atom. The van der Waals surface area contributed by atoms with Crippen LogP contribution in [0.4, 0.5) is 0 Å². The molecule has 0 aromatic heterocycles. The number of benzene rings is 2. The third-order valence-electron chi connectivity index (χ3n) is 2.98. The fourth-order valence-electron chi connectivity index (χ4n) is 1.97. The highest BCUT2D eigenvalue weighted by Crippen LogP contribution is 2.11. The van der Waals surface area contributed by atoms with Gasteiger partial charge in [0.15, 0.2) is 0 Å². The van der Waals surface area contributed by atoms with Crippen LogP contribution in [-0.2, 0) is 24.4 Å². The van der Waals surface area contributed by atoms with Gasteiger partial charge in [-0.25, -0.2) is 0 Å². The van der Waals surface area contributed by atoms with Crippen LogP contribution in [0.15, 0.2) is 48.5 Å². The first-order valence-electron chi connectivity index (χ1n) is 6.30. The maximum Gasteiger partial charge on any atom is 0.0716 e. The standard InChI is InChI=1S/C16H18ClNO/c1-19-12-15-5-3-2-4-14(15)11-18-10-13-6-8-16(17)9-7-13/h2-9,18H,10-12H2,1H3. The molecule has 0 heterocycles. The van der Waals surface area contributed by atoms with Crippen LogP contribution >= 0.6 is 11.6 Å². The summed E-state index contributed by atoms with van der Waals surface area (Å²) in [5.41, 5.74) is 3.74. The Balaban J connectivity index is 1.90. The molecule has 0 aliphatic heterocycles. The Labute approximate surface area is 119 Å². The Bertz CT molecular complexity index is 510. The van der Waals surface area contributed by atoms with Gasteiger partial charge in [-0.05, 0) is 28.8 Å². The van der Waals surface area contributed by atoms with Crippen molar-refractivity contribution < 1.29 is 4.74 Å². The lowest BCUT2D eigenvalue weighted by Gasteiger charge is -2.10. The van der Waals surface area contributed by atoms with Gasteiger partial charge in [0.25, 0.3) is 0 Å². The average Bonchev–Trinajstić information content (AvgIpc) is 2.43. The third-order valence-corrected chi connectivity index (χ3v) is 3.23. The van der Waals surface area contributed by atoms with Gasteiger partial charge < -0.3 is 10.1 Å². The van der Waals surface area contributed by atoms with E-state index >= 15 is 0 Å². The Kier molecular flexibility index (Phi) is 5.40. The van der Waals surface area contributed by atoms with Gasteiger partial charge in [-0.15, -0.1) is 0 Å². The van der Waals surface area contributed by atoms with E-state index in [1.165, 1.54) is 16.7 Å². The molecule has 0 aliphatic rings. The van der Waals surface area contributed by atoms with E-state index in [1.807, 2.05) is 30.3 Å². The SMILES string of the molecule is COCc1ccccc1CNCc1ccc(Cl)cc1. The van der Waals surface area contributed by atoms with Crippen LogP contribution in [0.3, 0.4) is 0 Å². The molecule has 100 valence electrons. The van der Waals surface area contributed by atoms with Crippen molar-refractivity contribution in [3.63, 3.8) is 0 Å². The molecule has 2 aromatic rings. The van der Waals surface area contributed by atoms with Crippen molar-refractivity contribution in [2.24, 2.45) is 0 Å². The molecule has 3 heteroatoms. The Morgan fingerprint density at radius 2 is 1.63 bits per heavy atom. The molecule has 1 N–H and O–H groups in total. The first kappa shape index (κ1) is 14.1. The van der Waals surface area contributed by atoms with E-state index in [0.29, 0.717) is 6.61 Å². The number of rotatable bonds is 6. The van der Waals surface area contributed by atoms with Gasteiger partial charge in [-0.1, -0.05) is 48.0 Å². The van der Waals surface area contributed by atoms with Gasteiger partial charge in [0.2, 0.25) is 0 Å². The van der Waals surface area contributed by atoms with Crippen molar-refractivity contribution in [2.75, 3.05) is 7.11 Å². The van der Waals surface area contributed by atoms with Crippen LogP contribution < -0.4 is 5.32 Å². The van der Waals surface area contributed by atoms with Crippen LogP contribution in [-0.4, -0.2) is 7.11 Å². The number of ether oxygens (including phenoxy) is 1. The van der Waals surface area contributed by atoms with Crippen molar-refractivity contribution in [1.82, 2.24) is 5.32 Å². The van der Waals surface area contributed by atoms with Crippen molar-refractivity contribution in [2.45, 2.75) is 19.7 Å². The zero-order chi connectivity index (χ0) is 13.5. The number of hydrogen-bond acceptors (Lipinski definition) is 2. The Hall–Kier alpha value is -1.35. The zero-order valence-electron chi connectivity index (χ0n) is 11.0. The summed E-state index contributed by atoms with van der Waals surface area (Å²) in [6.45, 7) is 2.32. The molecule has 0 fully saturated rings. The van der Waals surface area contributed by atoms with Gasteiger partial charge in [0.1, 0.15) is 0 Å². The molecule has 0 saturated heterocycles. The summed E-state index contributed by atoms with van der Waals surface area (Å²) < 4.78 is 5.20. The smallest absolute Gasteiger partial charge is 0.0716 e. The van der Waals surface area contributed by atoms with Crippen molar-refractivity contribution in [1.29, 1.82) is 0 Å². The molecule has 19 heavy (non-hydrogen) atoms. The maximum absolute atomic E-state index is 5.86. The molecule has 0 aliphatic carbocycles. The third kappa shape index (κ3) is 4.35. The van der Waals surface area contributed by atoms with E-state index in [9.17, 15) is 0 Å². The minimum absolute atomic E-state index is 0.652. The lowest BCUT2D eigenvalue weighted by atomic mass is 10.1. The topological polar surface area (TPSA) is 21.3 Å².